The normalized spacial score (nSPS) is 11.3. The molecule has 1 N–H and O–H groups in total. The molecule has 0 saturated carbocycles. The fourth-order valence-electron chi connectivity index (χ4n) is 1.19. The summed E-state index contributed by atoms with van der Waals surface area (Å²) >= 11 is 11.4. The summed E-state index contributed by atoms with van der Waals surface area (Å²) in [6.07, 6.45) is 0. The molecule has 0 bridgehead atoms. The van der Waals surface area contributed by atoms with E-state index in [-0.39, 0.29) is 11.6 Å². The maximum atomic E-state index is 11.9. The summed E-state index contributed by atoms with van der Waals surface area (Å²) < 4.78 is 26.1. The van der Waals surface area contributed by atoms with Crippen LogP contribution in [0, 0.1) is 10.1 Å². The molecule has 104 valence electrons. The Morgan fingerprint density at radius 2 is 2.05 bits per heavy atom. The second-order valence-corrected chi connectivity index (χ2v) is 6.27. The second kappa shape index (κ2) is 5.87. The van der Waals surface area contributed by atoms with Crippen LogP contribution < -0.4 is 4.72 Å². The molecule has 0 unspecified atom stereocenters. The van der Waals surface area contributed by atoms with E-state index in [1.807, 2.05) is 0 Å². The summed E-state index contributed by atoms with van der Waals surface area (Å²) in [7, 11) is -3.96. The van der Waals surface area contributed by atoms with Crippen LogP contribution in [0.1, 0.15) is 6.92 Å². The Kier molecular flexibility index (Phi) is 4.92. The van der Waals surface area contributed by atoms with Gasteiger partial charge in [0.1, 0.15) is 14.9 Å². The fraction of sp³-hybridized carbons (Fsp3) is 0.200. The first-order chi connectivity index (χ1) is 8.66. The van der Waals surface area contributed by atoms with E-state index in [1.54, 1.807) is 6.92 Å². The zero-order valence-electron chi connectivity index (χ0n) is 9.81. The standard InChI is InChI=1S/C10H10Cl2N2O4S/c1-6(2)5-13-19(17,18)8-4-3-7(11)10(9(8)12)14(15)16/h3-4,13H,1,5H2,2H3. The number of halogens is 2. The predicted octanol–water partition coefficient (Wildman–Crippen LogP) is 2.76. The summed E-state index contributed by atoms with van der Waals surface area (Å²) in [6, 6.07) is 2.22. The first-order valence-electron chi connectivity index (χ1n) is 4.93. The van der Waals surface area contributed by atoms with Crippen LogP contribution in [-0.4, -0.2) is 19.9 Å². The van der Waals surface area contributed by atoms with Gasteiger partial charge in [0.2, 0.25) is 10.0 Å². The maximum Gasteiger partial charge on any atom is 0.307 e. The van der Waals surface area contributed by atoms with Crippen molar-refractivity contribution in [3.8, 4) is 0 Å². The minimum atomic E-state index is -3.96. The number of nitro groups is 1. The molecule has 0 aromatic heterocycles. The van der Waals surface area contributed by atoms with E-state index in [0.29, 0.717) is 5.57 Å². The molecule has 6 nitrogen and oxygen atoms in total. The molecule has 0 heterocycles. The van der Waals surface area contributed by atoms with Crippen molar-refractivity contribution in [1.82, 2.24) is 4.72 Å². The number of sulfonamides is 1. The lowest BCUT2D eigenvalue weighted by molar-refractivity contribution is -0.384. The molecule has 0 fully saturated rings. The van der Waals surface area contributed by atoms with Crippen LogP contribution in [0.25, 0.3) is 0 Å². The van der Waals surface area contributed by atoms with E-state index in [4.69, 9.17) is 23.2 Å². The minimum Gasteiger partial charge on any atom is -0.258 e. The summed E-state index contributed by atoms with van der Waals surface area (Å²) in [5, 5.41) is 10.0. The number of benzene rings is 1. The van der Waals surface area contributed by atoms with Crippen molar-refractivity contribution in [2.24, 2.45) is 0 Å². The monoisotopic (exact) mass is 324 g/mol. The molecule has 0 radical (unpaired) electrons. The van der Waals surface area contributed by atoms with Crippen LogP contribution in [0.4, 0.5) is 5.69 Å². The molecular weight excluding hydrogens is 315 g/mol. The molecule has 1 aromatic rings. The summed E-state index contributed by atoms with van der Waals surface area (Å²) in [4.78, 5) is 9.57. The fourth-order valence-corrected chi connectivity index (χ4v) is 3.18. The van der Waals surface area contributed by atoms with Crippen molar-refractivity contribution in [2.45, 2.75) is 11.8 Å². The van der Waals surface area contributed by atoms with E-state index in [9.17, 15) is 18.5 Å². The lowest BCUT2D eigenvalue weighted by Gasteiger charge is -2.08. The van der Waals surface area contributed by atoms with Crippen LogP contribution in [0.15, 0.2) is 29.2 Å². The average Bonchev–Trinajstić information content (AvgIpc) is 2.25. The summed E-state index contributed by atoms with van der Waals surface area (Å²) in [5.41, 5.74) is -0.0512. The molecule has 9 heteroatoms. The van der Waals surface area contributed by atoms with Gasteiger partial charge in [-0.15, -0.1) is 0 Å². The zero-order valence-corrected chi connectivity index (χ0v) is 12.1. The average molecular weight is 325 g/mol. The van der Waals surface area contributed by atoms with E-state index in [1.165, 1.54) is 0 Å². The van der Waals surface area contributed by atoms with Gasteiger partial charge in [-0.2, -0.15) is 0 Å². The van der Waals surface area contributed by atoms with Crippen molar-refractivity contribution in [1.29, 1.82) is 0 Å². The molecule has 0 aliphatic carbocycles. The van der Waals surface area contributed by atoms with Crippen LogP contribution in [0.5, 0.6) is 0 Å². The van der Waals surface area contributed by atoms with Gasteiger partial charge < -0.3 is 0 Å². The van der Waals surface area contributed by atoms with Gasteiger partial charge in [-0.1, -0.05) is 35.4 Å². The highest BCUT2D eigenvalue weighted by Crippen LogP contribution is 2.36. The Morgan fingerprint density at radius 1 is 1.47 bits per heavy atom. The third kappa shape index (κ3) is 3.66. The van der Waals surface area contributed by atoms with Crippen LogP contribution in [0.3, 0.4) is 0 Å². The predicted molar refractivity (Wildman–Crippen MR) is 73.1 cm³/mol. The summed E-state index contributed by atoms with van der Waals surface area (Å²) in [6.45, 7) is 5.19. The zero-order chi connectivity index (χ0) is 14.8. The van der Waals surface area contributed by atoms with Crippen molar-refractivity contribution in [2.75, 3.05) is 6.54 Å². The van der Waals surface area contributed by atoms with Gasteiger partial charge in [-0.05, 0) is 19.1 Å². The van der Waals surface area contributed by atoms with Crippen molar-refractivity contribution in [3.05, 3.63) is 44.4 Å². The molecular formula is C10H10Cl2N2O4S. The van der Waals surface area contributed by atoms with Crippen molar-refractivity contribution >= 4 is 38.9 Å². The molecule has 1 aromatic carbocycles. The molecule has 0 amide bonds. The highest BCUT2D eigenvalue weighted by Gasteiger charge is 2.27. The highest BCUT2D eigenvalue weighted by atomic mass is 35.5. The van der Waals surface area contributed by atoms with Gasteiger partial charge in [-0.3, -0.25) is 10.1 Å². The van der Waals surface area contributed by atoms with E-state index in [0.717, 1.165) is 12.1 Å². The first-order valence-corrected chi connectivity index (χ1v) is 7.17. The quantitative estimate of drug-likeness (QED) is 0.512. The van der Waals surface area contributed by atoms with Crippen molar-refractivity contribution < 1.29 is 13.3 Å². The van der Waals surface area contributed by atoms with E-state index in [2.05, 4.69) is 11.3 Å². The van der Waals surface area contributed by atoms with Crippen molar-refractivity contribution in [3.63, 3.8) is 0 Å². The largest absolute Gasteiger partial charge is 0.307 e. The highest BCUT2D eigenvalue weighted by molar-refractivity contribution is 7.89. The van der Waals surface area contributed by atoms with E-state index >= 15 is 0 Å². The molecule has 0 saturated heterocycles. The Hall–Kier alpha value is -1.15. The topological polar surface area (TPSA) is 89.3 Å². The maximum absolute atomic E-state index is 11.9. The molecule has 0 aliphatic heterocycles. The molecule has 1 rings (SSSR count). The van der Waals surface area contributed by atoms with Gasteiger partial charge >= 0.3 is 5.69 Å². The molecule has 0 aliphatic rings. The van der Waals surface area contributed by atoms with E-state index < -0.39 is 30.6 Å². The molecule has 19 heavy (non-hydrogen) atoms. The van der Waals surface area contributed by atoms with Gasteiger partial charge in [0.05, 0.1) is 4.92 Å². The number of hydrogen-bond acceptors (Lipinski definition) is 4. The van der Waals surface area contributed by atoms with Gasteiger partial charge in [0, 0.05) is 6.54 Å². The third-order valence-electron chi connectivity index (χ3n) is 2.07. The Bertz CT molecular complexity index is 643. The Morgan fingerprint density at radius 3 is 2.53 bits per heavy atom. The number of hydrogen-bond donors (Lipinski definition) is 1. The number of nitrogens with one attached hydrogen (secondary N) is 1. The number of rotatable bonds is 5. The number of nitrogens with zero attached hydrogens (tertiary/aromatic N) is 1. The lowest BCUT2D eigenvalue weighted by Crippen LogP contribution is -2.25. The summed E-state index contributed by atoms with van der Waals surface area (Å²) in [5.74, 6) is 0. The second-order valence-electron chi connectivity index (χ2n) is 3.75. The molecule has 0 atom stereocenters. The van der Waals surface area contributed by atoms with Gasteiger partial charge in [-0.25, -0.2) is 13.1 Å². The molecule has 0 spiro atoms. The first kappa shape index (κ1) is 15.9. The van der Waals surface area contributed by atoms with Gasteiger partial charge in [0.15, 0.2) is 0 Å². The van der Waals surface area contributed by atoms with Crippen LogP contribution in [0.2, 0.25) is 10.0 Å². The number of nitro benzene ring substituents is 1. The minimum absolute atomic E-state index is 0.00901. The SMILES string of the molecule is C=C(C)CNS(=O)(=O)c1ccc(Cl)c([N+](=O)[O-])c1Cl. The third-order valence-corrected chi connectivity index (χ3v) is 4.31. The van der Waals surface area contributed by atoms with Gasteiger partial charge in [0.25, 0.3) is 0 Å². The Labute approximate surface area is 120 Å². The van der Waals surface area contributed by atoms with Crippen LogP contribution >= 0.6 is 23.2 Å². The lowest BCUT2D eigenvalue weighted by atomic mass is 10.3. The van der Waals surface area contributed by atoms with Crippen LogP contribution in [-0.2, 0) is 10.0 Å². The Balaban J connectivity index is 3.33. The smallest absolute Gasteiger partial charge is 0.258 e.